The molecule has 2 aliphatic rings. The molecule has 0 spiro atoms. The predicted molar refractivity (Wildman–Crippen MR) is 133 cm³/mol. The van der Waals surface area contributed by atoms with Gasteiger partial charge >= 0.3 is 5.97 Å². The lowest BCUT2D eigenvalue weighted by molar-refractivity contribution is -0.117. The molecule has 0 N–H and O–H groups in total. The lowest BCUT2D eigenvalue weighted by Crippen LogP contribution is -2.33. The smallest absolute Gasteiger partial charge is 0.338 e. The van der Waals surface area contributed by atoms with E-state index in [1.165, 1.54) is 0 Å². The first-order valence-electron chi connectivity index (χ1n) is 12.1. The summed E-state index contributed by atoms with van der Waals surface area (Å²) in [6.45, 7) is 5.08. The molecule has 186 valence electrons. The van der Waals surface area contributed by atoms with Crippen LogP contribution in [0.4, 0.5) is 5.69 Å². The number of carbonyl (C=O) groups is 3. The molecule has 1 atom stereocenters. The standard InChI is InChI=1S/C28H28N2O6/c1-18-14-23(19(2)30(18)15-22-16-34-25-6-3-4-7-26(25)36-22)24(31)17-35-28(33)20-9-11-21(12-10-20)29-13-5-8-27(29)32/h3-4,6-7,9-12,14,22H,5,8,13,15-17H2,1-2H3/t22-/m0/s1. The van der Waals surface area contributed by atoms with Crippen LogP contribution in [-0.4, -0.2) is 48.1 Å². The van der Waals surface area contributed by atoms with E-state index in [1.807, 2.05) is 48.7 Å². The van der Waals surface area contributed by atoms with Crippen molar-refractivity contribution in [3.63, 3.8) is 0 Å². The number of aromatic nitrogens is 1. The van der Waals surface area contributed by atoms with Gasteiger partial charge in [-0.2, -0.15) is 0 Å². The van der Waals surface area contributed by atoms with Gasteiger partial charge < -0.3 is 23.7 Å². The molecule has 1 amide bonds. The van der Waals surface area contributed by atoms with E-state index in [-0.39, 0.29) is 24.4 Å². The molecule has 0 aliphatic carbocycles. The Morgan fingerprint density at radius 2 is 1.81 bits per heavy atom. The van der Waals surface area contributed by atoms with Gasteiger partial charge in [-0.05, 0) is 62.7 Å². The maximum Gasteiger partial charge on any atom is 0.338 e. The zero-order valence-electron chi connectivity index (χ0n) is 20.4. The molecule has 2 aliphatic heterocycles. The third-order valence-electron chi connectivity index (χ3n) is 6.65. The van der Waals surface area contributed by atoms with Crippen LogP contribution in [-0.2, 0) is 16.1 Å². The third kappa shape index (κ3) is 4.71. The van der Waals surface area contributed by atoms with Gasteiger partial charge in [0, 0.05) is 35.6 Å². The number of carbonyl (C=O) groups excluding carboxylic acids is 3. The highest BCUT2D eigenvalue weighted by Crippen LogP contribution is 2.31. The van der Waals surface area contributed by atoms with Crippen LogP contribution in [0.15, 0.2) is 54.6 Å². The Kier molecular flexibility index (Phi) is 6.50. The van der Waals surface area contributed by atoms with Gasteiger partial charge in [-0.15, -0.1) is 0 Å². The van der Waals surface area contributed by atoms with Gasteiger partial charge in [0.2, 0.25) is 11.7 Å². The largest absolute Gasteiger partial charge is 0.486 e. The average Bonchev–Trinajstić information content (AvgIpc) is 3.45. The Morgan fingerprint density at radius 1 is 1.06 bits per heavy atom. The molecule has 0 bridgehead atoms. The molecule has 8 nitrogen and oxygen atoms in total. The number of fused-ring (bicyclic) bond motifs is 1. The summed E-state index contributed by atoms with van der Waals surface area (Å²) in [5.41, 5.74) is 3.31. The van der Waals surface area contributed by atoms with Crippen molar-refractivity contribution in [3.05, 3.63) is 77.1 Å². The van der Waals surface area contributed by atoms with Crippen molar-refractivity contribution in [2.45, 2.75) is 39.3 Å². The number of esters is 1. The van der Waals surface area contributed by atoms with E-state index < -0.39 is 5.97 Å². The van der Waals surface area contributed by atoms with Crippen molar-refractivity contribution in [1.82, 2.24) is 4.57 Å². The van der Waals surface area contributed by atoms with Crippen LogP contribution in [0, 0.1) is 13.8 Å². The number of hydrogen-bond donors (Lipinski definition) is 0. The first kappa shape index (κ1) is 23.7. The van der Waals surface area contributed by atoms with Gasteiger partial charge in [0.1, 0.15) is 6.61 Å². The number of aryl methyl sites for hydroxylation is 1. The topological polar surface area (TPSA) is 87.1 Å². The summed E-state index contributed by atoms with van der Waals surface area (Å²) in [6, 6.07) is 16.0. The molecule has 0 saturated carbocycles. The summed E-state index contributed by atoms with van der Waals surface area (Å²) in [5, 5.41) is 0. The van der Waals surface area contributed by atoms with Gasteiger partial charge in [-0.1, -0.05) is 12.1 Å². The second-order valence-corrected chi connectivity index (χ2v) is 9.09. The molecule has 1 aromatic heterocycles. The first-order chi connectivity index (χ1) is 17.4. The van der Waals surface area contributed by atoms with Crippen molar-refractivity contribution in [2.24, 2.45) is 0 Å². The number of ketones is 1. The Bertz CT molecular complexity index is 1310. The molecular formula is C28H28N2O6. The lowest BCUT2D eigenvalue weighted by Gasteiger charge is -2.27. The van der Waals surface area contributed by atoms with Crippen molar-refractivity contribution >= 4 is 23.3 Å². The first-order valence-corrected chi connectivity index (χ1v) is 12.1. The number of ether oxygens (including phenoxy) is 3. The minimum Gasteiger partial charge on any atom is -0.486 e. The van der Waals surface area contributed by atoms with E-state index in [9.17, 15) is 14.4 Å². The summed E-state index contributed by atoms with van der Waals surface area (Å²) in [6.07, 6.45) is 1.19. The molecule has 0 radical (unpaired) electrons. The van der Waals surface area contributed by atoms with Crippen LogP contribution < -0.4 is 14.4 Å². The maximum atomic E-state index is 12.9. The van der Waals surface area contributed by atoms with Crippen molar-refractivity contribution < 1.29 is 28.6 Å². The second kappa shape index (κ2) is 9.89. The third-order valence-corrected chi connectivity index (χ3v) is 6.65. The van der Waals surface area contributed by atoms with Crippen LogP contribution in [0.25, 0.3) is 0 Å². The number of benzene rings is 2. The Balaban J connectivity index is 1.19. The van der Waals surface area contributed by atoms with E-state index in [0.29, 0.717) is 43.0 Å². The minimum atomic E-state index is -0.581. The number of rotatable bonds is 7. The lowest BCUT2D eigenvalue weighted by atomic mass is 10.1. The molecule has 0 unspecified atom stereocenters. The molecule has 8 heteroatoms. The fourth-order valence-electron chi connectivity index (χ4n) is 4.71. The van der Waals surface area contributed by atoms with Crippen LogP contribution >= 0.6 is 0 Å². The number of amides is 1. The van der Waals surface area contributed by atoms with E-state index in [4.69, 9.17) is 14.2 Å². The number of hydrogen-bond acceptors (Lipinski definition) is 6. The molecular weight excluding hydrogens is 460 g/mol. The Labute approximate surface area is 209 Å². The molecule has 1 fully saturated rings. The Morgan fingerprint density at radius 3 is 2.53 bits per heavy atom. The summed E-state index contributed by atoms with van der Waals surface area (Å²) in [5.74, 6) is 0.669. The number of Topliss-reactive ketones (excluding diaryl/α,β-unsaturated/α-hetero) is 1. The highest BCUT2D eigenvalue weighted by molar-refractivity contribution is 6.00. The molecule has 3 heterocycles. The Hall–Kier alpha value is -4.07. The normalized spacial score (nSPS) is 16.8. The average molecular weight is 489 g/mol. The molecule has 3 aromatic rings. The monoisotopic (exact) mass is 488 g/mol. The fourth-order valence-corrected chi connectivity index (χ4v) is 4.71. The number of anilines is 1. The van der Waals surface area contributed by atoms with Gasteiger partial charge in [0.15, 0.2) is 24.2 Å². The van der Waals surface area contributed by atoms with E-state index >= 15 is 0 Å². The van der Waals surface area contributed by atoms with Gasteiger partial charge in [0.05, 0.1) is 12.1 Å². The van der Waals surface area contributed by atoms with Gasteiger partial charge in [-0.25, -0.2) is 4.79 Å². The highest BCUT2D eigenvalue weighted by atomic mass is 16.6. The van der Waals surface area contributed by atoms with E-state index in [0.717, 1.165) is 29.2 Å². The summed E-state index contributed by atoms with van der Waals surface area (Å²) < 4.78 is 19.2. The van der Waals surface area contributed by atoms with Gasteiger partial charge in [-0.3, -0.25) is 9.59 Å². The van der Waals surface area contributed by atoms with E-state index in [1.54, 1.807) is 29.2 Å². The van der Waals surface area contributed by atoms with Crippen molar-refractivity contribution in [3.8, 4) is 11.5 Å². The van der Waals surface area contributed by atoms with Crippen LogP contribution in [0.3, 0.4) is 0 Å². The van der Waals surface area contributed by atoms with Crippen molar-refractivity contribution in [2.75, 3.05) is 24.7 Å². The van der Waals surface area contributed by atoms with Crippen LogP contribution in [0.2, 0.25) is 0 Å². The predicted octanol–water partition coefficient (Wildman–Crippen LogP) is 4.11. The SMILES string of the molecule is Cc1cc(C(=O)COC(=O)c2ccc(N3CCCC3=O)cc2)c(C)n1C[C@H]1COc2ccccc2O1. The summed E-state index contributed by atoms with van der Waals surface area (Å²) in [4.78, 5) is 39.0. The zero-order valence-corrected chi connectivity index (χ0v) is 20.4. The molecule has 2 aromatic carbocycles. The number of nitrogens with zero attached hydrogens (tertiary/aromatic N) is 2. The quantitative estimate of drug-likeness (QED) is 0.367. The van der Waals surface area contributed by atoms with Crippen LogP contribution in [0.5, 0.6) is 11.5 Å². The summed E-state index contributed by atoms with van der Waals surface area (Å²) >= 11 is 0. The highest BCUT2D eigenvalue weighted by Gasteiger charge is 2.25. The molecule has 5 rings (SSSR count). The molecule has 36 heavy (non-hydrogen) atoms. The summed E-state index contributed by atoms with van der Waals surface area (Å²) in [7, 11) is 0. The van der Waals surface area contributed by atoms with Gasteiger partial charge in [0.25, 0.3) is 0 Å². The maximum absolute atomic E-state index is 12.9. The van der Waals surface area contributed by atoms with E-state index in [2.05, 4.69) is 0 Å². The fraction of sp³-hybridized carbons (Fsp3) is 0.321. The number of para-hydroxylation sites is 2. The van der Waals surface area contributed by atoms with Crippen molar-refractivity contribution in [1.29, 1.82) is 0 Å². The van der Waals surface area contributed by atoms with Crippen LogP contribution in [0.1, 0.15) is 44.9 Å². The second-order valence-electron chi connectivity index (χ2n) is 9.09. The zero-order chi connectivity index (χ0) is 25.2. The minimum absolute atomic E-state index is 0.0842. The molecule has 1 saturated heterocycles.